The van der Waals surface area contributed by atoms with Crippen LogP contribution in [0.2, 0.25) is 0 Å². The number of nitrogens with zero attached hydrogens (tertiary/aromatic N) is 4. The van der Waals surface area contributed by atoms with Gasteiger partial charge in [0, 0.05) is 17.6 Å². The van der Waals surface area contributed by atoms with Gasteiger partial charge in [-0.1, -0.05) is 36.4 Å². The number of hydrogen-bond acceptors (Lipinski definition) is 6. The lowest BCUT2D eigenvalue weighted by Crippen LogP contribution is -2.18. The molecular formula is C22H15N5O3. The molecule has 8 nitrogen and oxygen atoms in total. The lowest BCUT2D eigenvalue weighted by molar-refractivity contribution is -0.385. The van der Waals surface area contributed by atoms with E-state index in [2.05, 4.69) is 20.5 Å². The summed E-state index contributed by atoms with van der Waals surface area (Å²) in [7, 11) is 0. The first-order valence-corrected chi connectivity index (χ1v) is 9.01. The summed E-state index contributed by atoms with van der Waals surface area (Å²) in [4.78, 5) is 32.3. The molecule has 0 fully saturated rings. The molecule has 0 bridgehead atoms. The van der Waals surface area contributed by atoms with Crippen LogP contribution in [-0.2, 0) is 0 Å². The van der Waals surface area contributed by atoms with Crippen LogP contribution in [0.5, 0.6) is 0 Å². The third kappa shape index (κ3) is 3.88. The van der Waals surface area contributed by atoms with Gasteiger partial charge in [-0.2, -0.15) is 5.10 Å². The normalized spacial score (nSPS) is 10.9. The fourth-order valence-electron chi connectivity index (χ4n) is 2.99. The van der Waals surface area contributed by atoms with Crippen LogP contribution in [0.25, 0.3) is 22.3 Å². The number of pyridine rings is 2. The molecule has 2 aromatic heterocycles. The van der Waals surface area contributed by atoms with Crippen LogP contribution in [-0.4, -0.2) is 27.0 Å². The van der Waals surface area contributed by atoms with Gasteiger partial charge in [0.05, 0.1) is 39.2 Å². The van der Waals surface area contributed by atoms with E-state index in [1.54, 1.807) is 42.6 Å². The Morgan fingerprint density at radius 2 is 1.77 bits per heavy atom. The zero-order chi connectivity index (χ0) is 20.9. The summed E-state index contributed by atoms with van der Waals surface area (Å²) in [5.74, 6) is -0.458. The molecule has 0 saturated heterocycles. The number of amides is 1. The second kappa shape index (κ2) is 8.27. The number of fused-ring (bicyclic) bond motifs is 1. The highest BCUT2D eigenvalue weighted by Gasteiger charge is 2.14. The number of nitrogens with one attached hydrogen (secondary N) is 1. The largest absolute Gasteiger partial charge is 0.278 e. The number of aromatic nitrogens is 2. The zero-order valence-electron chi connectivity index (χ0n) is 15.6. The van der Waals surface area contributed by atoms with Crippen molar-refractivity contribution in [3.05, 3.63) is 100 Å². The van der Waals surface area contributed by atoms with E-state index >= 15 is 0 Å². The first kappa shape index (κ1) is 18.9. The van der Waals surface area contributed by atoms with Gasteiger partial charge in [-0.05, 0) is 30.3 Å². The van der Waals surface area contributed by atoms with Crippen LogP contribution < -0.4 is 5.43 Å². The van der Waals surface area contributed by atoms with Crippen molar-refractivity contribution in [3.8, 4) is 11.4 Å². The van der Waals surface area contributed by atoms with Gasteiger partial charge >= 0.3 is 0 Å². The van der Waals surface area contributed by atoms with Gasteiger partial charge in [-0.3, -0.25) is 19.9 Å². The molecule has 2 heterocycles. The first-order chi connectivity index (χ1) is 14.6. The molecule has 0 unspecified atom stereocenters. The van der Waals surface area contributed by atoms with Gasteiger partial charge in [0.1, 0.15) is 0 Å². The molecule has 30 heavy (non-hydrogen) atoms. The van der Waals surface area contributed by atoms with Crippen molar-refractivity contribution >= 4 is 28.7 Å². The topological polar surface area (TPSA) is 110 Å². The van der Waals surface area contributed by atoms with Crippen molar-refractivity contribution in [2.45, 2.75) is 0 Å². The minimum atomic E-state index is -0.501. The average Bonchev–Trinajstić information content (AvgIpc) is 2.79. The highest BCUT2D eigenvalue weighted by Crippen LogP contribution is 2.23. The molecule has 146 valence electrons. The SMILES string of the molecule is O=C(N/N=C\c1ccccc1[N+](=O)[O-])c1cc(-c2ccccn2)nc2ccccc12. The summed E-state index contributed by atoms with van der Waals surface area (Å²) in [6, 6.07) is 20.5. The highest BCUT2D eigenvalue weighted by atomic mass is 16.6. The Morgan fingerprint density at radius 1 is 1.00 bits per heavy atom. The van der Waals surface area contributed by atoms with E-state index in [1.807, 2.05) is 30.3 Å². The van der Waals surface area contributed by atoms with Crippen molar-refractivity contribution < 1.29 is 9.72 Å². The molecule has 2 aromatic carbocycles. The molecule has 4 aromatic rings. The molecule has 0 aliphatic rings. The van der Waals surface area contributed by atoms with Gasteiger partial charge in [-0.25, -0.2) is 10.4 Å². The molecule has 0 aliphatic carbocycles. The van der Waals surface area contributed by atoms with E-state index in [1.165, 1.54) is 12.3 Å². The van der Waals surface area contributed by atoms with E-state index in [-0.39, 0.29) is 11.3 Å². The molecule has 4 rings (SSSR count). The summed E-state index contributed by atoms with van der Waals surface area (Å²) < 4.78 is 0. The van der Waals surface area contributed by atoms with E-state index in [4.69, 9.17) is 0 Å². The van der Waals surface area contributed by atoms with Gasteiger partial charge in [-0.15, -0.1) is 0 Å². The van der Waals surface area contributed by atoms with E-state index in [0.29, 0.717) is 27.9 Å². The second-order valence-electron chi connectivity index (χ2n) is 6.30. The monoisotopic (exact) mass is 397 g/mol. The Balaban J connectivity index is 1.67. The number of nitro benzene ring substituents is 1. The Kier molecular flexibility index (Phi) is 5.21. The molecular weight excluding hydrogens is 382 g/mol. The Morgan fingerprint density at radius 3 is 2.57 bits per heavy atom. The van der Waals surface area contributed by atoms with E-state index < -0.39 is 10.8 Å². The van der Waals surface area contributed by atoms with Crippen molar-refractivity contribution in [3.63, 3.8) is 0 Å². The number of hydrogen-bond donors (Lipinski definition) is 1. The van der Waals surface area contributed by atoms with Gasteiger partial charge in [0.2, 0.25) is 0 Å². The number of carbonyl (C=O) groups is 1. The number of carbonyl (C=O) groups excluding carboxylic acids is 1. The maximum atomic E-state index is 12.8. The van der Waals surface area contributed by atoms with Crippen molar-refractivity contribution in [1.82, 2.24) is 15.4 Å². The summed E-state index contributed by atoms with van der Waals surface area (Å²) in [6.45, 7) is 0. The lowest BCUT2D eigenvalue weighted by atomic mass is 10.1. The number of nitro groups is 1. The number of hydrazone groups is 1. The quantitative estimate of drug-likeness (QED) is 0.311. The summed E-state index contributed by atoms with van der Waals surface area (Å²) in [5, 5.41) is 15.7. The predicted molar refractivity (Wildman–Crippen MR) is 113 cm³/mol. The summed E-state index contributed by atoms with van der Waals surface area (Å²) in [6.07, 6.45) is 2.90. The second-order valence-corrected chi connectivity index (χ2v) is 6.30. The average molecular weight is 397 g/mol. The Bertz CT molecular complexity index is 1270. The van der Waals surface area contributed by atoms with Crippen LogP contribution >= 0.6 is 0 Å². The van der Waals surface area contributed by atoms with Crippen molar-refractivity contribution in [2.24, 2.45) is 5.10 Å². The van der Waals surface area contributed by atoms with E-state index in [0.717, 1.165) is 0 Å². The number of para-hydroxylation sites is 2. The van der Waals surface area contributed by atoms with Crippen LogP contribution in [0.3, 0.4) is 0 Å². The molecule has 0 atom stereocenters. The van der Waals surface area contributed by atoms with Crippen LogP contribution in [0.4, 0.5) is 5.69 Å². The third-order valence-electron chi connectivity index (χ3n) is 4.39. The minimum absolute atomic E-state index is 0.0951. The van der Waals surface area contributed by atoms with Gasteiger partial charge < -0.3 is 0 Å². The molecule has 0 spiro atoms. The highest BCUT2D eigenvalue weighted by molar-refractivity contribution is 6.07. The summed E-state index contributed by atoms with van der Waals surface area (Å²) >= 11 is 0. The fraction of sp³-hybridized carbons (Fsp3) is 0. The summed E-state index contributed by atoms with van der Waals surface area (Å²) in [5.41, 5.74) is 4.86. The predicted octanol–water partition coefficient (Wildman–Crippen LogP) is 3.97. The molecule has 0 radical (unpaired) electrons. The molecule has 1 amide bonds. The van der Waals surface area contributed by atoms with Crippen molar-refractivity contribution in [1.29, 1.82) is 0 Å². The van der Waals surface area contributed by atoms with E-state index in [9.17, 15) is 14.9 Å². The first-order valence-electron chi connectivity index (χ1n) is 9.01. The molecule has 0 saturated carbocycles. The molecule has 8 heteroatoms. The fourth-order valence-corrected chi connectivity index (χ4v) is 2.99. The maximum absolute atomic E-state index is 12.8. The third-order valence-corrected chi connectivity index (χ3v) is 4.39. The standard InChI is InChI=1S/C22H15N5O3/c28-22(26-24-14-15-7-1-4-11-21(15)27(29)30)17-13-20(19-10-5-6-12-23-19)25-18-9-3-2-8-16(17)18/h1-14H,(H,26,28)/b24-14-. The zero-order valence-corrected chi connectivity index (χ0v) is 15.6. The number of rotatable bonds is 5. The van der Waals surface area contributed by atoms with Crippen LogP contribution in [0, 0.1) is 10.1 Å². The smallest absolute Gasteiger partial charge is 0.267 e. The van der Waals surface area contributed by atoms with Gasteiger partial charge in [0.25, 0.3) is 11.6 Å². The van der Waals surface area contributed by atoms with Crippen LogP contribution in [0.15, 0.2) is 84.1 Å². The maximum Gasteiger partial charge on any atom is 0.278 e. The molecule has 1 N–H and O–H groups in total. The van der Waals surface area contributed by atoms with Gasteiger partial charge in [0.15, 0.2) is 0 Å². The minimum Gasteiger partial charge on any atom is -0.267 e. The van der Waals surface area contributed by atoms with Crippen LogP contribution in [0.1, 0.15) is 15.9 Å². The van der Waals surface area contributed by atoms with Crippen molar-refractivity contribution in [2.75, 3.05) is 0 Å². The lowest BCUT2D eigenvalue weighted by Gasteiger charge is -2.08. The number of benzene rings is 2. The Labute approximate surface area is 171 Å². The molecule has 0 aliphatic heterocycles. The Hall–Kier alpha value is -4.46.